The van der Waals surface area contributed by atoms with Gasteiger partial charge < -0.3 is 14.0 Å². The smallest absolute Gasteiger partial charge is 0.229 e. The van der Waals surface area contributed by atoms with E-state index < -0.39 is 8.07 Å². The molecule has 2 aromatic heterocycles. The second kappa shape index (κ2) is 7.32. The van der Waals surface area contributed by atoms with Gasteiger partial charge in [0.05, 0.1) is 5.39 Å². The quantitative estimate of drug-likeness (QED) is 0.227. The lowest BCUT2D eigenvalue weighted by atomic mass is 9.82. The number of hydrogen-bond donors (Lipinski definition) is 0. The standard InChI is InChI=1S/C17H25ClIN3O2Si/c1-17(6-5-7-17)24-15-13-12(19)10-22(14(13)20-16(18)21-15)11-23-8-9-25(2,3)4/h10H,5-9,11H2,1-4H3. The SMILES string of the molecule is CC1(Oc2nc(Cl)nc3c2c(I)cn3COCC[Si](C)(C)C)CCC1. The molecule has 0 aliphatic heterocycles. The Morgan fingerprint density at radius 2 is 2.04 bits per heavy atom. The molecule has 0 spiro atoms. The van der Waals surface area contributed by atoms with Crippen LogP contribution in [0.5, 0.6) is 5.88 Å². The van der Waals surface area contributed by atoms with E-state index in [9.17, 15) is 0 Å². The summed E-state index contributed by atoms with van der Waals surface area (Å²) in [6, 6.07) is 1.14. The first-order chi connectivity index (χ1) is 11.7. The van der Waals surface area contributed by atoms with Crippen LogP contribution in [0.25, 0.3) is 11.0 Å². The zero-order valence-corrected chi connectivity index (χ0v) is 19.1. The highest BCUT2D eigenvalue weighted by Crippen LogP contribution is 2.39. The van der Waals surface area contributed by atoms with Gasteiger partial charge in [-0.25, -0.2) is 0 Å². The fraction of sp³-hybridized carbons (Fsp3) is 0.647. The molecule has 0 atom stereocenters. The number of nitrogens with zero attached hydrogens (tertiary/aromatic N) is 3. The van der Waals surface area contributed by atoms with Gasteiger partial charge in [0.1, 0.15) is 12.3 Å². The van der Waals surface area contributed by atoms with Gasteiger partial charge >= 0.3 is 0 Å². The molecule has 1 aliphatic carbocycles. The lowest BCUT2D eigenvalue weighted by molar-refractivity contribution is 0.00864. The highest BCUT2D eigenvalue weighted by molar-refractivity contribution is 14.1. The van der Waals surface area contributed by atoms with Crippen molar-refractivity contribution < 1.29 is 9.47 Å². The summed E-state index contributed by atoms with van der Waals surface area (Å²) in [6.07, 6.45) is 5.32. The molecule has 25 heavy (non-hydrogen) atoms. The third-order valence-corrected chi connectivity index (χ3v) is 7.28. The van der Waals surface area contributed by atoms with Crippen molar-refractivity contribution in [3.8, 4) is 5.88 Å². The van der Waals surface area contributed by atoms with Crippen LogP contribution in [0.3, 0.4) is 0 Å². The van der Waals surface area contributed by atoms with E-state index in [0.717, 1.165) is 40.1 Å². The summed E-state index contributed by atoms with van der Waals surface area (Å²) in [5.74, 6) is 0.586. The Morgan fingerprint density at radius 1 is 1.32 bits per heavy atom. The number of hydrogen-bond acceptors (Lipinski definition) is 4. The third kappa shape index (κ3) is 4.67. The Bertz CT molecular complexity index is 771. The van der Waals surface area contributed by atoms with Gasteiger partial charge in [0.15, 0.2) is 5.65 Å². The van der Waals surface area contributed by atoms with Crippen molar-refractivity contribution in [1.82, 2.24) is 14.5 Å². The van der Waals surface area contributed by atoms with Crippen molar-refractivity contribution >= 4 is 53.3 Å². The van der Waals surface area contributed by atoms with Crippen molar-refractivity contribution in [3.05, 3.63) is 15.1 Å². The van der Waals surface area contributed by atoms with Gasteiger partial charge in [-0.1, -0.05) is 19.6 Å². The van der Waals surface area contributed by atoms with Crippen molar-refractivity contribution in [3.63, 3.8) is 0 Å². The fourth-order valence-corrected chi connectivity index (χ4v) is 4.53. The zero-order valence-electron chi connectivity index (χ0n) is 15.2. The molecule has 0 unspecified atom stereocenters. The molecule has 138 valence electrons. The number of halogens is 2. The monoisotopic (exact) mass is 493 g/mol. The summed E-state index contributed by atoms with van der Waals surface area (Å²) in [6.45, 7) is 10.4. The largest absolute Gasteiger partial charge is 0.471 e. The average Bonchev–Trinajstić information content (AvgIpc) is 2.77. The van der Waals surface area contributed by atoms with Crippen LogP contribution in [0.2, 0.25) is 31.0 Å². The predicted octanol–water partition coefficient (Wildman–Crippen LogP) is 5.32. The van der Waals surface area contributed by atoms with Crippen LogP contribution in [-0.2, 0) is 11.5 Å². The van der Waals surface area contributed by atoms with E-state index in [1.54, 1.807) is 0 Å². The number of aromatic nitrogens is 3. The Kier molecular flexibility index (Phi) is 5.68. The van der Waals surface area contributed by atoms with Gasteiger partial charge in [-0.2, -0.15) is 9.97 Å². The van der Waals surface area contributed by atoms with Gasteiger partial charge in [0.2, 0.25) is 11.2 Å². The maximum absolute atomic E-state index is 6.21. The molecule has 2 aromatic rings. The topological polar surface area (TPSA) is 49.2 Å². The zero-order chi connectivity index (χ0) is 18.2. The molecule has 1 fully saturated rings. The van der Waals surface area contributed by atoms with Crippen molar-refractivity contribution in [1.29, 1.82) is 0 Å². The summed E-state index contributed by atoms with van der Waals surface area (Å²) < 4.78 is 15.1. The van der Waals surface area contributed by atoms with E-state index in [1.807, 2.05) is 10.8 Å². The average molecular weight is 494 g/mol. The molecule has 2 heterocycles. The summed E-state index contributed by atoms with van der Waals surface area (Å²) in [7, 11) is -1.09. The second-order valence-electron chi connectivity index (χ2n) is 8.20. The number of fused-ring (bicyclic) bond motifs is 1. The Morgan fingerprint density at radius 3 is 2.64 bits per heavy atom. The molecule has 0 saturated heterocycles. The highest BCUT2D eigenvalue weighted by Gasteiger charge is 2.35. The van der Waals surface area contributed by atoms with E-state index in [2.05, 4.69) is 59.1 Å². The molecule has 1 saturated carbocycles. The van der Waals surface area contributed by atoms with Gasteiger partial charge in [-0.15, -0.1) is 0 Å². The minimum atomic E-state index is -1.09. The van der Waals surface area contributed by atoms with E-state index in [-0.39, 0.29) is 10.9 Å². The number of ether oxygens (including phenoxy) is 2. The molecular weight excluding hydrogens is 469 g/mol. The Labute approximate surface area is 168 Å². The lowest BCUT2D eigenvalue weighted by Crippen LogP contribution is -2.39. The van der Waals surface area contributed by atoms with Gasteiger partial charge in [-0.05, 0) is 66.4 Å². The van der Waals surface area contributed by atoms with Gasteiger partial charge in [0.25, 0.3) is 0 Å². The Balaban J connectivity index is 1.82. The molecule has 1 aliphatic rings. The Hall–Kier alpha value is -0.383. The first-order valence-corrected chi connectivity index (χ1v) is 13.8. The highest BCUT2D eigenvalue weighted by atomic mass is 127. The molecule has 3 rings (SSSR count). The van der Waals surface area contributed by atoms with Crippen LogP contribution in [0, 0.1) is 3.57 Å². The van der Waals surface area contributed by atoms with Gasteiger partial charge in [0, 0.05) is 24.4 Å². The first-order valence-electron chi connectivity index (χ1n) is 8.66. The molecule has 0 N–H and O–H groups in total. The van der Waals surface area contributed by atoms with Gasteiger partial charge in [-0.3, -0.25) is 0 Å². The summed E-state index contributed by atoms with van der Waals surface area (Å²) >= 11 is 8.46. The molecule has 0 radical (unpaired) electrons. The normalized spacial score (nSPS) is 16.9. The molecule has 0 amide bonds. The van der Waals surface area contributed by atoms with Crippen LogP contribution >= 0.6 is 34.2 Å². The molecule has 5 nitrogen and oxygen atoms in total. The minimum Gasteiger partial charge on any atom is -0.471 e. The van der Waals surface area contributed by atoms with Crippen LogP contribution < -0.4 is 4.74 Å². The minimum absolute atomic E-state index is 0.135. The van der Waals surface area contributed by atoms with Crippen LogP contribution in [0.4, 0.5) is 0 Å². The van der Waals surface area contributed by atoms with E-state index in [4.69, 9.17) is 21.1 Å². The summed E-state index contributed by atoms with van der Waals surface area (Å²) in [5.41, 5.74) is 0.638. The van der Waals surface area contributed by atoms with Crippen molar-refractivity contribution in [2.24, 2.45) is 0 Å². The molecule has 0 bridgehead atoms. The van der Waals surface area contributed by atoms with Crippen molar-refractivity contribution in [2.45, 2.75) is 64.2 Å². The van der Waals surface area contributed by atoms with E-state index in [1.165, 1.54) is 6.42 Å². The second-order valence-corrected chi connectivity index (χ2v) is 15.3. The lowest BCUT2D eigenvalue weighted by Gasteiger charge is -2.38. The summed E-state index contributed by atoms with van der Waals surface area (Å²) in [5, 5.41) is 1.13. The third-order valence-electron chi connectivity index (χ3n) is 4.59. The molecular formula is C17H25ClIN3O2Si. The molecule has 8 heteroatoms. The van der Waals surface area contributed by atoms with Crippen molar-refractivity contribution in [2.75, 3.05) is 6.61 Å². The van der Waals surface area contributed by atoms with E-state index >= 15 is 0 Å². The number of rotatable bonds is 7. The fourth-order valence-electron chi connectivity index (χ4n) is 2.81. The van der Waals surface area contributed by atoms with E-state index in [0.29, 0.717) is 12.6 Å². The molecule has 0 aromatic carbocycles. The first kappa shape index (κ1) is 19.4. The van der Waals surface area contributed by atoms with Crippen LogP contribution in [-0.4, -0.2) is 34.8 Å². The summed E-state index contributed by atoms with van der Waals surface area (Å²) in [4.78, 5) is 8.77. The maximum Gasteiger partial charge on any atom is 0.229 e. The maximum atomic E-state index is 6.21. The van der Waals surface area contributed by atoms with Crippen LogP contribution in [0.15, 0.2) is 6.20 Å². The van der Waals surface area contributed by atoms with Crippen LogP contribution in [0.1, 0.15) is 26.2 Å². The predicted molar refractivity (Wildman–Crippen MR) is 112 cm³/mol.